The molecule has 1 unspecified atom stereocenters. The van der Waals surface area contributed by atoms with Crippen LogP contribution in [0.4, 0.5) is 4.39 Å². The molecule has 0 radical (unpaired) electrons. The molecule has 0 saturated carbocycles. The van der Waals surface area contributed by atoms with Gasteiger partial charge in [-0.2, -0.15) is 0 Å². The normalized spacial score (nSPS) is 13.3. The molecule has 0 bridgehead atoms. The van der Waals surface area contributed by atoms with Crippen LogP contribution in [0.25, 0.3) is 0 Å². The molecule has 21 heavy (non-hydrogen) atoms. The Kier molecular flexibility index (Phi) is 4.46. The highest BCUT2D eigenvalue weighted by molar-refractivity contribution is 7.89. The Morgan fingerprint density at radius 1 is 1.33 bits per heavy atom. The lowest BCUT2D eigenvalue weighted by molar-refractivity contribution is 0.441. The van der Waals surface area contributed by atoms with Crippen LogP contribution in [0.3, 0.4) is 0 Å². The Hall–Kier alpha value is -1.70. The van der Waals surface area contributed by atoms with Crippen LogP contribution >= 0.6 is 0 Å². The van der Waals surface area contributed by atoms with Gasteiger partial charge in [-0.3, -0.25) is 0 Å². The summed E-state index contributed by atoms with van der Waals surface area (Å²) in [6.45, 7) is 3.22. The second-order valence-corrected chi connectivity index (χ2v) is 6.39. The molecule has 1 aromatic heterocycles. The van der Waals surface area contributed by atoms with Crippen molar-refractivity contribution in [2.24, 2.45) is 5.73 Å². The van der Waals surface area contributed by atoms with Crippen LogP contribution in [0.2, 0.25) is 0 Å². The number of aryl methyl sites for hydroxylation is 1. The molecule has 0 aliphatic heterocycles. The number of sulfonamides is 1. The molecule has 5 nitrogen and oxygen atoms in total. The van der Waals surface area contributed by atoms with Gasteiger partial charge in [0.1, 0.15) is 17.3 Å². The van der Waals surface area contributed by atoms with Crippen molar-refractivity contribution in [1.29, 1.82) is 0 Å². The number of halogens is 1. The van der Waals surface area contributed by atoms with E-state index in [-0.39, 0.29) is 17.0 Å². The van der Waals surface area contributed by atoms with Crippen LogP contribution in [0.15, 0.2) is 39.6 Å². The van der Waals surface area contributed by atoms with Gasteiger partial charge >= 0.3 is 0 Å². The molecule has 0 aliphatic rings. The van der Waals surface area contributed by atoms with Crippen LogP contribution in [-0.2, 0) is 16.6 Å². The third kappa shape index (κ3) is 3.31. The quantitative estimate of drug-likeness (QED) is 0.886. The maximum Gasteiger partial charge on any atom is 0.241 e. The van der Waals surface area contributed by atoms with Gasteiger partial charge in [0.15, 0.2) is 0 Å². The van der Waals surface area contributed by atoms with Gasteiger partial charge in [0.2, 0.25) is 10.0 Å². The van der Waals surface area contributed by atoms with Crippen molar-refractivity contribution in [1.82, 2.24) is 4.72 Å². The third-order valence-corrected chi connectivity index (χ3v) is 4.71. The molecule has 0 aliphatic carbocycles. The molecule has 114 valence electrons. The summed E-state index contributed by atoms with van der Waals surface area (Å²) in [5.74, 6) is 0.535. The number of nitrogens with two attached hydrogens (primary N) is 1. The Labute approximate surface area is 123 Å². The van der Waals surface area contributed by atoms with Crippen molar-refractivity contribution in [3.63, 3.8) is 0 Å². The minimum atomic E-state index is -3.89. The average Bonchev–Trinajstić information content (AvgIpc) is 2.85. The molecular weight excluding hydrogens is 295 g/mol. The van der Waals surface area contributed by atoms with Crippen LogP contribution in [0, 0.1) is 12.7 Å². The predicted molar refractivity (Wildman–Crippen MR) is 76.5 cm³/mol. The third-order valence-electron chi connectivity index (χ3n) is 3.09. The highest BCUT2D eigenvalue weighted by atomic mass is 32.2. The number of rotatable bonds is 5. The monoisotopic (exact) mass is 312 g/mol. The van der Waals surface area contributed by atoms with Gasteiger partial charge < -0.3 is 10.2 Å². The Bertz CT molecular complexity index is 740. The first-order chi connectivity index (χ1) is 9.85. The molecule has 2 aromatic rings. The van der Waals surface area contributed by atoms with Crippen molar-refractivity contribution in [2.75, 3.05) is 0 Å². The van der Waals surface area contributed by atoms with E-state index < -0.39 is 21.9 Å². The maximum absolute atomic E-state index is 13.7. The molecule has 7 heteroatoms. The van der Waals surface area contributed by atoms with Crippen LogP contribution in [0.5, 0.6) is 0 Å². The van der Waals surface area contributed by atoms with E-state index in [0.717, 1.165) is 0 Å². The van der Waals surface area contributed by atoms with Crippen molar-refractivity contribution in [3.05, 3.63) is 53.2 Å². The van der Waals surface area contributed by atoms with Crippen molar-refractivity contribution in [3.8, 4) is 0 Å². The zero-order valence-electron chi connectivity index (χ0n) is 11.8. The van der Waals surface area contributed by atoms with Crippen LogP contribution < -0.4 is 10.5 Å². The standard InChI is InChI=1S/C14H17FN2O3S/c1-9-6-7-13(20-9)10(2)17-21(18,19)14-5-3-4-12(15)11(14)8-16/h3-7,10,17H,8,16H2,1-2H3. The molecule has 0 fully saturated rings. The van der Waals surface area contributed by atoms with Gasteiger partial charge in [0.25, 0.3) is 0 Å². The van der Waals surface area contributed by atoms with E-state index in [2.05, 4.69) is 4.72 Å². The first-order valence-corrected chi connectivity index (χ1v) is 7.89. The summed E-state index contributed by atoms with van der Waals surface area (Å²) < 4.78 is 46.3. The fraction of sp³-hybridized carbons (Fsp3) is 0.286. The van der Waals surface area contributed by atoms with E-state index in [0.29, 0.717) is 11.5 Å². The van der Waals surface area contributed by atoms with Gasteiger partial charge in [-0.15, -0.1) is 0 Å². The number of furan rings is 1. The smallest absolute Gasteiger partial charge is 0.241 e. The minimum absolute atomic E-state index is 0.0344. The Morgan fingerprint density at radius 3 is 2.62 bits per heavy atom. The molecule has 0 amide bonds. The van der Waals surface area contributed by atoms with E-state index in [4.69, 9.17) is 10.2 Å². The van der Waals surface area contributed by atoms with Gasteiger partial charge in [-0.1, -0.05) is 6.07 Å². The largest absolute Gasteiger partial charge is 0.465 e. The molecule has 0 saturated heterocycles. The first-order valence-electron chi connectivity index (χ1n) is 6.41. The molecule has 1 atom stereocenters. The summed E-state index contributed by atoms with van der Waals surface area (Å²) in [5.41, 5.74) is 5.41. The molecule has 3 N–H and O–H groups in total. The van der Waals surface area contributed by atoms with E-state index in [9.17, 15) is 12.8 Å². The zero-order chi connectivity index (χ0) is 15.6. The van der Waals surface area contributed by atoms with Crippen molar-refractivity contribution >= 4 is 10.0 Å². The fourth-order valence-electron chi connectivity index (χ4n) is 2.03. The van der Waals surface area contributed by atoms with E-state index in [1.165, 1.54) is 18.2 Å². The number of nitrogens with one attached hydrogen (secondary N) is 1. The van der Waals surface area contributed by atoms with Crippen LogP contribution in [0.1, 0.15) is 30.0 Å². The average molecular weight is 312 g/mol. The summed E-state index contributed by atoms with van der Waals surface area (Å²) in [4.78, 5) is -0.153. The predicted octanol–water partition coefficient (Wildman–Crippen LogP) is 2.23. The molecule has 0 spiro atoms. The summed E-state index contributed by atoms with van der Waals surface area (Å²) >= 11 is 0. The highest BCUT2D eigenvalue weighted by Gasteiger charge is 2.24. The first kappa shape index (κ1) is 15.7. The summed E-state index contributed by atoms with van der Waals surface area (Å²) in [6.07, 6.45) is 0. The topological polar surface area (TPSA) is 85.3 Å². The highest BCUT2D eigenvalue weighted by Crippen LogP contribution is 2.22. The fourth-order valence-corrected chi connectivity index (χ4v) is 3.50. The van der Waals surface area contributed by atoms with Crippen molar-refractivity contribution in [2.45, 2.75) is 31.3 Å². The zero-order valence-corrected chi connectivity index (χ0v) is 12.6. The number of hydrogen-bond acceptors (Lipinski definition) is 4. The minimum Gasteiger partial charge on any atom is -0.465 e. The lowest BCUT2D eigenvalue weighted by Crippen LogP contribution is -2.28. The van der Waals surface area contributed by atoms with Crippen molar-refractivity contribution < 1.29 is 17.2 Å². The van der Waals surface area contributed by atoms with Gasteiger partial charge in [0, 0.05) is 12.1 Å². The second kappa shape index (κ2) is 5.97. The number of benzene rings is 1. The van der Waals surface area contributed by atoms with Gasteiger partial charge in [-0.05, 0) is 38.1 Å². The van der Waals surface area contributed by atoms with Gasteiger partial charge in [-0.25, -0.2) is 17.5 Å². The van der Waals surface area contributed by atoms with Gasteiger partial charge in [0.05, 0.1) is 10.9 Å². The van der Waals surface area contributed by atoms with Crippen LogP contribution in [-0.4, -0.2) is 8.42 Å². The molecule has 2 rings (SSSR count). The lowest BCUT2D eigenvalue weighted by Gasteiger charge is -2.14. The summed E-state index contributed by atoms with van der Waals surface area (Å²) in [5, 5.41) is 0. The molecule has 1 aromatic carbocycles. The molecular formula is C14H17FN2O3S. The Morgan fingerprint density at radius 2 is 2.05 bits per heavy atom. The number of hydrogen-bond donors (Lipinski definition) is 2. The summed E-state index contributed by atoms with van der Waals surface area (Å²) in [7, 11) is -3.89. The maximum atomic E-state index is 13.7. The SMILES string of the molecule is Cc1ccc(C(C)NS(=O)(=O)c2cccc(F)c2CN)o1. The Balaban J connectivity index is 2.33. The summed E-state index contributed by atoms with van der Waals surface area (Å²) in [6, 6.07) is 6.71. The second-order valence-electron chi connectivity index (χ2n) is 4.71. The van der Waals surface area contributed by atoms with E-state index >= 15 is 0 Å². The lowest BCUT2D eigenvalue weighted by atomic mass is 10.2. The van der Waals surface area contributed by atoms with E-state index in [1.807, 2.05) is 0 Å². The molecule has 1 heterocycles. The van der Waals surface area contributed by atoms with E-state index in [1.54, 1.807) is 26.0 Å².